The molecule has 0 saturated heterocycles. The molecule has 0 N–H and O–H groups in total. The van der Waals surface area contributed by atoms with Crippen LogP contribution in [0.25, 0.3) is 0 Å². The molecule has 0 aromatic heterocycles. The molecular formula is H2BaO4PbS. The molecule has 0 bridgehead atoms. The molecular weight excluding hydrogens is 441 g/mol. The van der Waals surface area contributed by atoms with Crippen molar-refractivity contribution in [3.05, 3.63) is 0 Å². The minimum atomic E-state index is -5.17. The molecule has 4 nitrogen and oxygen atoms in total. The Labute approximate surface area is 102 Å². The molecule has 0 amide bonds. The van der Waals surface area contributed by atoms with E-state index in [1.54, 1.807) is 0 Å². The Morgan fingerprint density at radius 3 is 1.14 bits per heavy atom. The van der Waals surface area contributed by atoms with Crippen molar-refractivity contribution in [3.8, 4) is 0 Å². The van der Waals surface area contributed by atoms with Crippen molar-refractivity contribution in [1.82, 2.24) is 0 Å². The molecule has 0 aliphatic rings. The van der Waals surface area contributed by atoms with Gasteiger partial charge in [-0.25, -0.2) is 0 Å². The summed E-state index contributed by atoms with van der Waals surface area (Å²) in [4.78, 5) is 0. The van der Waals surface area contributed by atoms with Crippen LogP contribution in [-0.2, 0) is 10.4 Å². The summed E-state index contributed by atoms with van der Waals surface area (Å²) in [6.45, 7) is 0. The number of hydrogen-bond donors (Lipinski definition) is 0. The van der Waals surface area contributed by atoms with E-state index in [1.807, 2.05) is 0 Å². The molecule has 38 valence electrons. The van der Waals surface area contributed by atoms with Crippen LogP contribution < -0.4 is 0 Å². The average molecular weight is 443 g/mol. The molecule has 0 unspecified atom stereocenters. The maximum absolute atomic E-state index is 8.52. The van der Waals surface area contributed by atoms with Gasteiger partial charge in [0.05, 0.1) is 0 Å². The van der Waals surface area contributed by atoms with Gasteiger partial charge in [0.1, 0.15) is 0 Å². The van der Waals surface area contributed by atoms with Crippen LogP contribution in [0, 0.1) is 0 Å². The van der Waals surface area contributed by atoms with Crippen molar-refractivity contribution < 1.29 is 17.5 Å². The van der Waals surface area contributed by atoms with Crippen LogP contribution in [0.3, 0.4) is 0 Å². The second-order valence-electron chi connectivity index (χ2n) is 0.408. The van der Waals surface area contributed by atoms with Crippen LogP contribution in [0.5, 0.6) is 0 Å². The summed E-state index contributed by atoms with van der Waals surface area (Å²) >= 11 is 0. The van der Waals surface area contributed by atoms with Crippen molar-refractivity contribution in [3.63, 3.8) is 0 Å². The first-order chi connectivity index (χ1) is 2.00. The minimum Gasteiger partial charge on any atom is 2.00 e. The van der Waals surface area contributed by atoms with E-state index < -0.39 is 10.4 Å². The van der Waals surface area contributed by atoms with Gasteiger partial charge in [0.2, 0.25) is 0 Å². The fraction of sp³-hybridized carbons (Fsp3) is 0. The van der Waals surface area contributed by atoms with Crippen LogP contribution in [0.4, 0.5) is 0 Å². The van der Waals surface area contributed by atoms with Gasteiger partial charge >= 0.3 is 76.2 Å². The van der Waals surface area contributed by atoms with E-state index in [9.17, 15) is 0 Å². The predicted molar refractivity (Wildman–Crippen MR) is 24.8 cm³/mol. The molecule has 0 aliphatic carbocycles. The largest absolute Gasteiger partial charge is 2.00 e. The second kappa shape index (κ2) is 6.48. The van der Waals surface area contributed by atoms with Gasteiger partial charge in [-0.1, -0.05) is 0 Å². The molecule has 0 aliphatic heterocycles. The Balaban J connectivity index is -0.0000000800. The standard InChI is InChI=1S/Ba.H2O4S.Pb.2H/c;1-5(2,3)4;;;/h;(H2,1,2,3,4);;;/q;;+2;;/p-2. The molecule has 2 radical (unpaired) electrons. The first-order valence-corrected chi connectivity index (χ1v) is 2.00. The minimum absolute atomic E-state index is 0. The van der Waals surface area contributed by atoms with E-state index in [1.165, 1.54) is 0 Å². The third kappa shape index (κ3) is 60.6. The molecule has 0 rings (SSSR count). The van der Waals surface area contributed by atoms with Crippen LogP contribution in [0.15, 0.2) is 0 Å². The molecule has 0 fully saturated rings. The van der Waals surface area contributed by atoms with Gasteiger partial charge in [-0.3, -0.25) is 8.42 Å². The summed E-state index contributed by atoms with van der Waals surface area (Å²) in [5.74, 6) is 0. The molecule has 7 heteroatoms. The zero-order chi connectivity index (χ0) is 4.50. The Morgan fingerprint density at radius 1 is 1.14 bits per heavy atom. The van der Waals surface area contributed by atoms with Gasteiger partial charge in [-0.15, -0.1) is 0 Å². The van der Waals surface area contributed by atoms with Crippen molar-refractivity contribution in [2.75, 3.05) is 0 Å². The Bertz CT molecular complexity index is 94.9. The topological polar surface area (TPSA) is 80.3 Å². The third-order valence-electron chi connectivity index (χ3n) is 0. The molecule has 0 spiro atoms. The monoisotopic (exact) mass is 444 g/mol. The first kappa shape index (κ1) is 16.2. The van der Waals surface area contributed by atoms with Gasteiger partial charge < -0.3 is 9.11 Å². The van der Waals surface area contributed by atoms with E-state index in [0.717, 1.165) is 0 Å². The second-order valence-corrected chi connectivity index (χ2v) is 1.22. The van der Waals surface area contributed by atoms with E-state index >= 15 is 0 Å². The molecule has 0 aromatic carbocycles. The number of rotatable bonds is 0. The predicted octanol–water partition coefficient (Wildman–Crippen LogP) is -2.63. The Hall–Kier alpha value is 2.36. The summed E-state index contributed by atoms with van der Waals surface area (Å²) in [6, 6.07) is 0. The van der Waals surface area contributed by atoms with E-state index in [2.05, 4.69) is 0 Å². The third-order valence-corrected chi connectivity index (χ3v) is 0. The zero-order valence-electron chi connectivity index (χ0n) is 2.54. The Kier molecular flexibility index (Phi) is 15.0. The van der Waals surface area contributed by atoms with Crippen LogP contribution >= 0.6 is 0 Å². The summed E-state index contributed by atoms with van der Waals surface area (Å²) in [5, 5.41) is 0. The maximum Gasteiger partial charge on any atom is 2.00 e. The SMILES string of the molecule is O=S(=O)([O-])[O-].[BaH2].[Pb+2]. The van der Waals surface area contributed by atoms with E-state index in [4.69, 9.17) is 17.5 Å². The summed E-state index contributed by atoms with van der Waals surface area (Å²) in [5.41, 5.74) is 0. The van der Waals surface area contributed by atoms with E-state index in [0.29, 0.717) is 0 Å². The van der Waals surface area contributed by atoms with Crippen molar-refractivity contribution in [2.45, 2.75) is 0 Å². The average Bonchev–Trinajstić information content (AvgIpc) is 0.722. The smallest absolute Gasteiger partial charge is 2.00 e. The van der Waals surface area contributed by atoms with Gasteiger partial charge in [0, 0.05) is 10.4 Å². The van der Waals surface area contributed by atoms with Crippen LogP contribution in [-0.4, -0.2) is 93.7 Å². The molecule has 7 heavy (non-hydrogen) atoms. The van der Waals surface area contributed by atoms with Gasteiger partial charge in [-0.2, -0.15) is 0 Å². The maximum atomic E-state index is 8.52. The Morgan fingerprint density at radius 2 is 1.14 bits per heavy atom. The first-order valence-electron chi connectivity index (χ1n) is 0.667. The molecule has 0 saturated carbocycles. The van der Waals surface area contributed by atoms with Crippen LogP contribution in [0.2, 0.25) is 0 Å². The zero-order valence-corrected chi connectivity index (χ0v) is 7.25. The normalized spacial score (nSPS) is 8.29. The summed E-state index contributed by atoms with van der Waals surface area (Å²) < 4.78 is 34.1. The number of hydrogen-bond acceptors (Lipinski definition) is 4. The van der Waals surface area contributed by atoms with Gasteiger partial charge in [0.15, 0.2) is 0 Å². The van der Waals surface area contributed by atoms with Crippen LogP contribution in [0.1, 0.15) is 0 Å². The molecule has 0 heterocycles. The molecule has 0 atom stereocenters. The van der Waals surface area contributed by atoms with Crippen molar-refractivity contribution in [2.24, 2.45) is 0 Å². The van der Waals surface area contributed by atoms with E-state index in [-0.39, 0.29) is 76.2 Å². The molecule has 0 aromatic rings. The van der Waals surface area contributed by atoms with Crippen molar-refractivity contribution >= 4 is 86.6 Å². The quantitative estimate of drug-likeness (QED) is 0.234. The van der Waals surface area contributed by atoms with Gasteiger partial charge in [-0.05, 0) is 0 Å². The van der Waals surface area contributed by atoms with Gasteiger partial charge in [0.25, 0.3) is 0 Å². The summed E-state index contributed by atoms with van der Waals surface area (Å²) in [7, 11) is -5.17. The summed E-state index contributed by atoms with van der Waals surface area (Å²) in [6.07, 6.45) is 0. The fourth-order valence-electron chi connectivity index (χ4n) is 0. The fourth-order valence-corrected chi connectivity index (χ4v) is 0. The van der Waals surface area contributed by atoms with Crippen molar-refractivity contribution in [1.29, 1.82) is 0 Å².